The first kappa shape index (κ1) is 24.9. The molecule has 3 aromatic rings. The van der Waals surface area contributed by atoms with E-state index in [0.29, 0.717) is 35.5 Å². The molecule has 3 saturated heterocycles. The Morgan fingerprint density at radius 3 is 2.76 bits per heavy atom. The number of carbonyl (C=O) groups is 1. The molecule has 0 bridgehead atoms. The fourth-order valence-electron chi connectivity index (χ4n) is 4.72. The number of carbonyl (C=O) groups excluding carboxylic acids is 1. The van der Waals surface area contributed by atoms with Gasteiger partial charge in [0, 0.05) is 29.8 Å². The Balaban J connectivity index is 1.34. The molecule has 0 aliphatic carbocycles. The molecule has 9 nitrogen and oxygen atoms in total. The average Bonchev–Trinajstić information content (AvgIpc) is 3.55. The number of amides is 1. The van der Waals surface area contributed by atoms with Crippen LogP contribution in [-0.2, 0) is 9.53 Å². The van der Waals surface area contributed by atoms with E-state index in [1.807, 2.05) is 4.90 Å². The molecule has 1 aromatic carbocycles. The molecule has 0 saturated carbocycles. The lowest BCUT2D eigenvalue weighted by Gasteiger charge is -2.34. The summed E-state index contributed by atoms with van der Waals surface area (Å²) in [6.45, 7) is 1.86. The van der Waals surface area contributed by atoms with Crippen molar-refractivity contribution in [1.29, 1.82) is 0 Å². The molecule has 37 heavy (non-hydrogen) atoms. The van der Waals surface area contributed by atoms with Gasteiger partial charge in [0.15, 0.2) is 0 Å². The quantitative estimate of drug-likeness (QED) is 0.309. The molecule has 0 unspecified atom stereocenters. The van der Waals surface area contributed by atoms with E-state index in [1.54, 1.807) is 18.2 Å². The van der Waals surface area contributed by atoms with Crippen LogP contribution in [-0.4, -0.2) is 82.2 Å². The summed E-state index contributed by atoms with van der Waals surface area (Å²) in [6.07, 6.45) is -2.35. The Hall–Kier alpha value is -2.46. The summed E-state index contributed by atoms with van der Waals surface area (Å²) in [5.41, 5.74) is -4.06. The van der Waals surface area contributed by atoms with E-state index >= 15 is 0 Å². The lowest BCUT2D eigenvalue weighted by Crippen LogP contribution is -2.48. The molecule has 15 heteroatoms. The fraction of sp³-hybridized carbons (Fsp3) is 0.500. The minimum Gasteiger partial charge on any atom is -0.383 e. The zero-order valence-corrected chi connectivity index (χ0v) is 20.6. The van der Waals surface area contributed by atoms with Gasteiger partial charge in [-0.3, -0.25) is 9.69 Å². The van der Waals surface area contributed by atoms with Crippen LogP contribution >= 0.6 is 23.1 Å². The number of hydrogen-bond acceptors (Lipinski definition) is 10. The van der Waals surface area contributed by atoms with E-state index in [1.165, 1.54) is 0 Å². The number of fused-ring (bicyclic) bond motifs is 1. The summed E-state index contributed by atoms with van der Waals surface area (Å²) >= 11 is 0.770. The zero-order valence-electron chi connectivity index (χ0n) is 19.0. The van der Waals surface area contributed by atoms with Crippen LogP contribution in [0.2, 0.25) is 0 Å². The highest BCUT2D eigenvalue weighted by Gasteiger charge is 2.40. The number of halogens is 4. The van der Waals surface area contributed by atoms with Crippen molar-refractivity contribution in [3.8, 4) is 10.7 Å². The molecule has 3 aliphatic rings. The number of aromatic nitrogens is 2. The molecule has 198 valence electrons. The number of thioether (sulfide) groups is 1. The monoisotopic (exact) mass is 559 g/mol. The molecule has 3 fully saturated rings. The summed E-state index contributed by atoms with van der Waals surface area (Å²) < 4.78 is 66.5. The molecule has 5 heterocycles. The van der Waals surface area contributed by atoms with Crippen molar-refractivity contribution >= 4 is 44.8 Å². The van der Waals surface area contributed by atoms with Crippen LogP contribution in [0.25, 0.3) is 20.8 Å². The van der Waals surface area contributed by atoms with Gasteiger partial charge in [0.25, 0.3) is 0 Å². The second kappa shape index (κ2) is 9.38. The van der Waals surface area contributed by atoms with Crippen molar-refractivity contribution in [2.75, 3.05) is 31.6 Å². The summed E-state index contributed by atoms with van der Waals surface area (Å²) in [5.74, 6) is -0.660. The van der Waals surface area contributed by atoms with Crippen molar-refractivity contribution < 1.29 is 36.7 Å². The van der Waals surface area contributed by atoms with Crippen molar-refractivity contribution in [2.24, 2.45) is 0 Å². The molecular weight excluding hydrogens is 538 g/mol. The Kier molecular flexibility index (Phi) is 6.30. The van der Waals surface area contributed by atoms with Gasteiger partial charge in [-0.25, -0.2) is 4.39 Å². The number of likely N-dealkylation sites (tertiary alicyclic amines) is 1. The molecule has 1 amide bonds. The Bertz CT molecular complexity index is 1330. The minimum absolute atomic E-state index is 0.00930. The fourth-order valence-corrected chi connectivity index (χ4v) is 6.83. The van der Waals surface area contributed by atoms with Crippen molar-refractivity contribution in [2.45, 2.75) is 47.2 Å². The van der Waals surface area contributed by atoms with Gasteiger partial charge in [-0.05, 0) is 17.8 Å². The van der Waals surface area contributed by atoms with Gasteiger partial charge in [0.1, 0.15) is 18.3 Å². The third-order valence-corrected chi connectivity index (χ3v) is 8.89. The summed E-state index contributed by atoms with van der Waals surface area (Å²) in [4.78, 5) is 17.9. The third kappa shape index (κ3) is 4.78. The molecule has 4 atom stereocenters. The van der Waals surface area contributed by atoms with Crippen LogP contribution in [0.4, 0.5) is 23.2 Å². The van der Waals surface area contributed by atoms with Crippen LogP contribution in [0, 0.1) is 0 Å². The molecule has 3 N–H and O–H groups in total. The minimum atomic E-state index is -4.58. The number of nitrogens with zero attached hydrogens (tertiary/aromatic N) is 3. The number of hydrogen-bond donors (Lipinski definition) is 3. The van der Waals surface area contributed by atoms with Crippen LogP contribution in [0.3, 0.4) is 0 Å². The summed E-state index contributed by atoms with van der Waals surface area (Å²) in [6, 6.07) is 3.83. The third-order valence-electron chi connectivity index (χ3n) is 6.66. The number of alkyl halides is 4. The Morgan fingerprint density at radius 2 is 2.08 bits per heavy atom. The van der Waals surface area contributed by atoms with Gasteiger partial charge < -0.3 is 25.0 Å². The van der Waals surface area contributed by atoms with E-state index in [2.05, 4.69) is 20.8 Å². The van der Waals surface area contributed by atoms with E-state index in [0.717, 1.165) is 11.3 Å². The van der Waals surface area contributed by atoms with E-state index in [-0.39, 0.29) is 52.3 Å². The second-order valence-electron chi connectivity index (χ2n) is 9.17. The predicted molar refractivity (Wildman–Crippen MR) is 127 cm³/mol. The largest absolute Gasteiger partial charge is 0.446 e. The highest BCUT2D eigenvalue weighted by Crippen LogP contribution is 2.51. The number of nitrogens with one attached hydrogen (secondary N) is 2. The normalized spacial score (nSPS) is 27.1. The molecule has 0 spiro atoms. The zero-order chi connectivity index (χ0) is 25.9. The van der Waals surface area contributed by atoms with Gasteiger partial charge in [-0.1, -0.05) is 17.3 Å². The Labute approximate surface area is 215 Å². The number of benzene rings is 1. The lowest BCUT2D eigenvalue weighted by atomic mass is 10.2. The van der Waals surface area contributed by atoms with Gasteiger partial charge >= 0.3 is 5.51 Å². The van der Waals surface area contributed by atoms with E-state index in [9.17, 15) is 27.5 Å². The van der Waals surface area contributed by atoms with E-state index in [4.69, 9.17) is 9.26 Å². The SMILES string of the molecule is O=C1N[C@@H](c2nc(-c3sc4c(N[C@@H]5CN(C6COC6)C[C@@H]5F)cccc4c3SC(F)(F)F)no2)C[C@@H]1O. The van der Waals surface area contributed by atoms with Gasteiger partial charge in [0.2, 0.25) is 17.6 Å². The first-order valence-corrected chi connectivity index (χ1v) is 13.2. The lowest BCUT2D eigenvalue weighted by molar-refractivity contribution is -0.126. The van der Waals surface area contributed by atoms with Gasteiger partial charge in [0.05, 0.1) is 40.6 Å². The summed E-state index contributed by atoms with van der Waals surface area (Å²) in [7, 11) is 0. The van der Waals surface area contributed by atoms with Gasteiger partial charge in [-0.2, -0.15) is 18.2 Å². The molecule has 3 aliphatic heterocycles. The highest BCUT2D eigenvalue weighted by molar-refractivity contribution is 8.00. The van der Waals surface area contributed by atoms with E-state index < -0.39 is 35.8 Å². The maximum absolute atomic E-state index is 14.8. The highest BCUT2D eigenvalue weighted by atomic mass is 32.2. The molecule has 6 rings (SSSR count). The predicted octanol–water partition coefficient (Wildman–Crippen LogP) is 3.32. The Morgan fingerprint density at radius 1 is 1.27 bits per heavy atom. The molecule has 2 aromatic heterocycles. The molecular formula is C22H21F4N5O4S2. The number of aliphatic hydroxyl groups is 1. The smallest absolute Gasteiger partial charge is 0.383 e. The topological polar surface area (TPSA) is 113 Å². The van der Waals surface area contributed by atoms with Crippen molar-refractivity contribution in [3.63, 3.8) is 0 Å². The number of ether oxygens (including phenoxy) is 1. The standard InChI is InChI=1S/C22H21F4N5O4S2/c23-11-5-31(9-7-34-8-9)6-14(11)27-12-3-1-2-10-16(12)36-18(17(10)37-22(24,25)26)19-29-21(35-30-19)13-4-15(32)20(33)28-13/h1-3,9,11,13-15,27,32H,4-8H2,(H,28,33)/t11-,13+,14+,15-/m0/s1. The van der Waals surface area contributed by atoms with Crippen molar-refractivity contribution in [3.05, 3.63) is 24.1 Å². The number of aliphatic hydroxyl groups excluding tert-OH is 1. The van der Waals surface area contributed by atoms with Crippen LogP contribution in [0.15, 0.2) is 27.6 Å². The first-order valence-electron chi connectivity index (χ1n) is 11.5. The summed E-state index contributed by atoms with van der Waals surface area (Å²) in [5, 5.41) is 19.6. The number of anilines is 1. The number of thiophene rings is 1. The van der Waals surface area contributed by atoms with Crippen LogP contribution in [0.5, 0.6) is 0 Å². The van der Waals surface area contributed by atoms with Crippen LogP contribution < -0.4 is 10.6 Å². The van der Waals surface area contributed by atoms with Crippen LogP contribution in [0.1, 0.15) is 18.4 Å². The maximum Gasteiger partial charge on any atom is 0.446 e. The maximum atomic E-state index is 14.8. The average molecular weight is 560 g/mol. The first-order chi connectivity index (χ1) is 17.7. The number of rotatable bonds is 6. The van der Waals surface area contributed by atoms with Crippen molar-refractivity contribution in [1.82, 2.24) is 20.4 Å². The van der Waals surface area contributed by atoms with Gasteiger partial charge in [-0.15, -0.1) is 11.3 Å². The molecule has 0 radical (unpaired) electrons. The second-order valence-corrected chi connectivity index (χ2v) is 11.3.